The second-order valence-electron chi connectivity index (χ2n) is 5.97. The molecule has 0 aliphatic heterocycles. The highest BCUT2D eigenvalue weighted by atomic mass is 32.2. The van der Waals surface area contributed by atoms with Crippen LogP contribution in [0.15, 0.2) is 11.8 Å². The van der Waals surface area contributed by atoms with E-state index in [4.69, 9.17) is 4.74 Å². The van der Waals surface area contributed by atoms with Gasteiger partial charge in [0.1, 0.15) is 0 Å². The molecular weight excluding hydrogens is 286 g/mol. The van der Waals surface area contributed by atoms with Crippen molar-refractivity contribution < 1.29 is 14.3 Å². The van der Waals surface area contributed by atoms with Crippen molar-refractivity contribution in [3.63, 3.8) is 0 Å². The number of allylic oxidation sites excluding steroid dienone is 2. The molecule has 2 aliphatic rings. The minimum Gasteiger partial charge on any atom is -0.469 e. The Hall–Kier alpha value is -0.970. The van der Waals surface area contributed by atoms with Gasteiger partial charge in [-0.25, -0.2) is 0 Å². The summed E-state index contributed by atoms with van der Waals surface area (Å²) in [5.74, 6) is 1.45. The van der Waals surface area contributed by atoms with E-state index in [1.807, 2.05) is 11.8 Å². The SMILES string of the molecule is CCN(C(=O)CSCC1(CC(=O)OC)CC1)C1=CCCC1. The maximum Gasteiger partial charge on any atom is 0.306 e. The number of thioether (sulfide) groups is 1. The lowest BCUT2D eigenvalue weighted by molar-refractivity contribution is -0.141. The normalized spacial score (nSPS) is 19.0. The van der Waals surface area contributed by atoms with Crippen LogP contribution >= 0.6 is 11.8 Å². The van der Waals surface area contributed by atoms with Gasteiger partial charge in [0, 0.05) is 12.2 Å². The van der Waals surface area contributed by atoms with Gasteiger partial charge in [0.15, 0.2) is 0 Å². The third-order valence-corrected chi connectivity index (χ3v) is 5.59. The summed E-state index contributed by atoms with van der Waals surface area (Å²) in [6, 6.07) is 0. The van der Waals surface area contributed by atoms with Crippen LogP contribution in [0.2, 0.25) is 0 Å². The molecule has 4 nitrogen and oxygen atoms in total. The largest absolute Gasteiger partial charge is 0.469 e. The van der Waals surface area contributed by atoms with Gasteiger partial charge in [0.05, 0.1) is 19.3 Å². The molecule has 1 fully saturated rings. The number of amides is 1. The standard InChI is InChI=1S/C16H25NO3S/c1-3-17(13-6-4-5-7-13)14(18)11-21-12-16(8-9-16)10-15(19)20-2/h6H,3-5,7-12H2,1-2H3. The summed E-state index contributed by atoms with van der Waals surface area (Å²) < 4.78 is 4.75. The zero-order valence-electron chi connectivity index (χ0n) is 13.0. The lowest BCUT2D eigenvalue weighted by atomic mass is 10.1. The topological polar surface area (TPSA) is 46.6 Å². The number of nitrogens with zero attached hydrogens (tertiary/aromatic N) is 1. The highest BCUT2D eigenvalue weighted by Crippen LogP contribution is 2.51. The number of carbonyl (C=O) groups is 2. The predicted octanol–water partition coefficient (Wildman–Crippen LogP) is 2.98. The van der Waals surface area contributed by atoms with Gasteiger partial charge in [-0.2, -0.15) is 11.8 Å². The minimum atomic E-state index is -0.134. The summed E-state index contributed by atoms with van der Waals surface area (Å²) in [7, 11) is 1.43. The summed E-state index contributed by atoms with van der Waals surface area (Å²) in [6.07, 6.45) is 8.11. The van der Waals surface area contributed by atoms with Crippen molar-refractivity contribution in [1.29, 1.82) is 0 Å². The summed E-state index contributed by atoms with van der Waals surface area (Å²) in [6.45, 7) is 2.78. The maximum absolute atomic E-state index is 12.3. The van der Waals surface area contributed by atoms with E-state index in [1.165, 1.54) is 12.8 Å². The van der Waals surface area contributed by atoms with Crippen LogP contribution in [0.5, 0.6) is 0 Å². The van der Waals surface area contributed by atoms with Gasteiger partial charge in [-0.3, -0.25) is 9.59 Å². The Balaban J connectivity index is 1.75. The number of carbonyl (C=O) groups excluding carboxylic acids is 2. The molecule has 5 heteroatoms. The van der Waals surface area contributed by atoms with E-state index in [-0.39, 0.29) is 17.3 Å². The number of hydrogen-bond donors (Lipinski definition) is 0. The maximum atomic E-state index is 12.3. The summed E-state index contributed by atoms with van der Waals surface area (Å²) in [5, 5.41) is 0. The number of esters is 1. The van der Waals surface area contributed by atoms with Gasteiger partial charge in [-0.15, -0.1) is 0 Å². The third kappa shape index (κ3) is 4.50. The molecule has 0 N–H and O–H groups in total. The van der Waals surface area contributed by atoms with E-state index >= 15 is 0 Å². The first-order valence-corrected chi connectivity index (χ1v) is 8.90. The monoisotopic (exact) mass is 311 g/mol. The lowest BCUT2D eigenvalue weighted by Crippen LogP contribution is -2.31. The zero-order valence-corrected chi connectivity index (χ0v) is 13.8. The molecule has 2 rings (SSSR count). The Morgan fingerprint density at radius 1 is 1.43 bits per heavy atom. The molecule has 1 saturated carbocycles. The Labute approximate surface area is 131 Å². The molecule has 2 aliphatic carbocycles. The van der Waals surface area contributed by atoms with E-state index < -0.39 is 0 Å². The van der Waals surface area contributed by atoms with E-state index in [2.05, 4.69) is 6.08 Å². The minimum absolute atomic E-state index is 0.0989. The first kappa shape index (κ1) is 16.4. The van der Waals surface area contributed by atoms with Crippen LogP contribution < -0.4 is 0 Å². The molecule has 0 unspecified atom stereocenters. The van der Waals surface area contributed by atoms with Crippen LogP contribution in [-0.2, 0) is 14.3 Å². The van der Waals surface area contributed by atoms with Crippen LogP contribution in [0, 0.1) is 5.41 Å². The smallest absolute Gasteiger partial charge is 0.306 e. The second-order valence-corrected chi connectivity index (χ2v) is 6.96. The fourth-order valence-electron chi connectivity index (χ4n) is 2.80. The van der Waals surface area contributed by atoms with Crippen LogP contribution in [0.1, 0.15) is 45.4 Å². The Morgan fingerprint density at radius 3 is 2.71 bits per heavy atom. The summed E-state index contributed by atoms with van der Waals surface area (Å²) in [4.78, 5) is 25.6. The third-order valence-electron chi connectivity index (χ3n) is 4.32. The Morgan fingerprint density at radius 2 is 2.19 bits per heavy atom. The number of hydrogen-bond acceptors (Lipinski definition) is 4. The van der Waals surface area contributed by atoms with Gasteiger partial charge in [0.25, 0.3) is 0 Å². The average Bonchev–Trinajstić information content (AvgIpc) is 3.01. The van der Waals surface area contributed by atoms with Gasteiger partial charge < -0.3 is 9.64 Å². The molecule has 0 spiro atoms. The molecular formula is C16H25NO3S. The molecule has 118 valence electrons. The van der Waals surface area contributed by atoms with E-state index in [1.54, 1.807) is 11.8 Å². The van der Waals surface area contributed by atoms with Crippen molar-refractivity contribution in [2.75, 3.05) is 25.2 Å². The van der Waals surface area contributed by atoms with E-state index in [0.717, 1.165) is 44.4 Å². The lowest BCUT2D eigenvalue weighted by Gasteiger charge is -2.22. The van der Waals surface area contributed by atoms with Crippen molar-refractivity contribution >= 4 is 23.6 Å². The average molecular weight is 311 g/mol. The molecule has 0 aromatic heterocycles. The van der Waals surface area contributed by atoms with Crippen molar-refractivity contribution in [2.24, 2.45) is 5.41 Å². The molecule has 0 saturated heterocycles. The zero-order chi connectivity index (χ0) is 15.3. The van der Waals surface area contributed by atoms with Gasteiger partial charge in [-0.1, -0.05) is 6.08 Å². The number of rotatable bonds is 8. The van der Waals surface area contributed by atoms with Crippen LogP contribution in [0.4, 0.5) is 0 Å². The Bertz CT molecular complexity index is 429. The van der Waals surface area contributed by atoms with Gasteiger partial charge in [-0.05, 0) is 50.2 Å². The number of ether oxygens (including phenoxy) is 1. The molecule has 0 bridgehead atoms. The van der Waals surface area contributed by atoms with E-state index in [9.17, 15) is 9.59 Å². The fourth-order valence-corrected chi connectivity index (χ4v) is 4.05. The predicted molar refractivity (Wildman–Crippen MR) is 84.9 cm³/mol. The van der Waals surface area contributed by atoms with Crippen LogP contribution in [-0.4, -0.2) is 41.9 Å². The Kier molecular flexibility index (Phi) is 5.73. The first-order valence-electron chi connectivity index (χ1n) is 7.74. The summed E-state index contributed by atoms with van der Waals surface area (Å²) in [5.41, 5.74) is 1.29. The van der Waals surface area contributed by atoms with Crippen molar-refractivity contribution in [1.82, 2.24) is 4.90 Å². The van der Waals surface area contributed by atoms with Crippen LogP contribution in [0.25, 0.3) is 0 Å². The first-order chi connectivity index (χ1) is 10.1. The highest BCUT2D eigenvalue weighted by molar-refractivity contribution is 7.99. The van der Waals surface area contributed by atoms with Crippen molar-refractivity contribution in [2.45, 2.75) is 45.4 Å². The highest BCUT2D eigenvalue weighted by Gasteiger charge is 2.44. The van der Waals surface area contributed by atoms with Gasteiger partial charge >= 0.3 is 5.97 Å². The van der Waals surface area contributed by atoms with Gasteiger partial charge in [0.2, 0.25) is 5.91 Å². The molecule has 0 radical (unpaired) electrons. The molecule has 0 aromatic rings. The summed E-state index contributed by atoms with van der Waals surface area (Å²) >= 11 is 1.66. The van der Waals surface area contributed by atoms with Crippen molar-refractivity contribution in [3.05, 3.63) is 11.8 Å². The molecule has 0 aromatic carbocycles. The quantitative estimate of drug-likeness (QED) is 0.647. The molecule has 0 heterocycles. The molecule has 1 amide bonds. The van der Waals surface area contributed by atoms with Crippen LogP contribution in [0.3, 0.4) is 0 Å². The fraction of sp³-hybridized carbons (Fsp3) is 0.750. The molecule has 21 heavy (non-hydrogen) atoms. The van der Waals surface area contributed by atoms with E-state index in [0.29, 0.717) is 12.2 Å². The number of methoxy groups -OCH3 is 1. The second kappa shape index (κ2) is 7.34. The molecule has 0 atom stereocenters. The van der Waals surface area contributed by atoms with Crippen molar-refractivity contribution in [3.8, 4) is 0 Å².